The van der Waals surface area contributed by atoms with E-state index in [2.05, 4.69) is 19.2 Å². The minimum absolute atomic E-state index is 0.0726. The lowest BCUT2D eigenvalue weighted by Gasteiger charge is -2.17. The third-order valence-electron chi connectivity index (χ3n) is 2.95. The van der Waals surface area contributed by atoms with Gasteiger partial charge in [0.1, 0.15) is 0 Å². The highest BCUT2D eigenvalue weighted by Gasteiger charge is 2.34. The molecule has 1 aliphatic rings. The van der Waals surface area contributed by atoms with Crippen LogP contribution < -0.4 is 11.1 Å². The second-order valence-corrected chi connectivity index (χ2v) is 4.97. The zero-order valence-corrected chi connectivity index (χ0v) is 10.3. The van der Waals surface area contributed by atoms with Crippen LogP contribution in [0.3, 0.4) is 0 Å². The zero-order valence-electron chi connectivity index (χ0n) is 9.45. The Bertz CT molecular complexity index is 251. The summed E-state index contributed by atoms with van der Waals surface area (Å²) in [5.74, 6) is 0.994. The molecule has 3 N–H and O–H groups in total. The van der Waals surface area contributed by atoms with E-state index < -0.39 is 0 Å². The van der Waals surface area contributed by atoms with Crippen molar-refractivity contribution in [1.29, 1.82) is 0 Å². The molecule has 0 saturated heterocycles. The van der Waals surface area contributed by atoms with Crippen molar-refractivity contribution in [3.05, 3.63) is 0 Å². The summed E-state index contributed by atoms with van der Waals surface area (Å²) in [6.45, 7) is 4.16. The Hall–Kier alpha value is -0.640. The van der Waals surface area contributed by atoms with Gasteiger partial charge in [0.25, 0.3) is 0 Å². The largest absolute Gasteiger partial charge is 0.392 e. The predicted octanol–water partition coefficient (Wildman–Crippen LogP) is 1.60. The van der Waals surface area contributed by atoms with Crippen molar-refractivity contribution in [2.45, 2.75) is 45.6 Å². The first-order chi connectivity index (χ1) is 7.04. The molecule has 0 aromatic heterocycles. The predicted molar refractivity (Wildman–Crippen MR) is 65.5 cm³/mol. The van der Waals surface area contributed by atoms with E-state index in [1.807, 2.05) is 0 Å². The smallest absolute Gasteiger partial charge is 0.220 e. The fourth-order valence-corrected chi connectivity index (χ4v) is 1.80. The molecule has 0 aliphatic heterocycles. The molecule has 3 nitrogen and oxygen atoms in total. The van der Waals surface area contributed by atoms with Crippen molar-refractivity contribution in [2.24, 2.45) is 17.6 Å². The highest BCUT2D eigenvalue weighted by Crippen LogP contribution is 2.32. The van der Waals surface area contributed by atoms with Crippen LogP contribution >= 0.6 is 12.2 Å². The molecule has 0 heterocycles. The summed E-state index contributed by atoms with van der Waals surface area (Å²) >= 11 is 4.96. The first-order valence-electron chi connectivity index (χ1n) is 5.63. The summed E-state index contributed by atoms with van der Waals surface area (Å²) < 4.78 is 0. The van der Waals surface area contributed by atoms with E-state index in [1.165, 1.54) is 0 Å². The molecule has 0 bridgehead atoms. The van der Waals surface area contributed by atoms with Gasteiger partial charge in [-0.1, -0.05) is 32.5 Å². The molecule has 4 heteroatoms. The summed E-state index contributed by atoms with van der Waals surface area (Å²) in [6.07, 6.45) is 3.86. The number of hydrogen-bond donors (Lipinski definition) is 2. The SMILES string of the molecule is CCC(C)CC(=O)NC(C(N)=S)C1CC1. The molecule has 0 aromatic carbocycles. The standard InChI is InChI=1S/C11H20N2OS/c1-3-7(2)6-9(14)13-10(11(12)15)8-4-5-8/h7-8,10H,3-6H2,1-2H3,(H2,12,15)(H,13,14). The van der Waals surface area contributed by atoms with E-state index in [0.717, 1.165) is 19.3 Å². The third kappa shape index (κ3) is 4.16. The Labute approximate surface area is 96.8 Å². The summed E-state index contributed by atoms with van der Waals surface area (Å²) in [6, 6.07) is -0.0726. The van der Waals surface area contributed by atoms with Gasteiger partial charge in [0.2, 0.25) is 5.91 Å². The number of nitrogens with one attached hydrogen (secondary N) is 1. The van der Waals surface area contributed by atoms with E-state index in [4.69, 9.17) is 18.0 Å². The van der Waals surface area contributed by atoms with Crippen LogP contribution in [0, 0.1) is 11.8 Å². The Kier molecular flexibility index (Phi) is 4.51. The molecule has 0 spiro atoms. The van der Waals surface area contributed by atoms with Crippen LogP contribution in [-0.4, -0.2) is 16.9 Å². The highest BCUT2D eigenvalue weighted by molar-refractivity contribution is 7.80. The topological polar surface area (TPSA) is 55.1 Å². The van der Waals surface area contributed by atoms with Crippen molar-refractivity contribution in [2.75, 3.05) is 0 Å². The number of rotatable bonds is 6. The maximum atomic E-state index is 11.6. The van der Waals surface area contributed by atoms with Crippen LogP contribution in [0.5, 0.6) is 0 Å². The number of thiocarbonyl (C=S) groups is 1. The van der Waals surface area contributed by atoms with Gasteiger partial charge in [0.15, 0.2) is 0 Å². The summed E-state index contributed by atoms with van der Waals surface area (Å²) in [5, 5.41) is 2.94. The zero-order chi connectivity index (χ0) is 11.4. The molecule has 1 fully saturated rings. The average Bonchev–Trinajstić information content (AvgIpc) is 2.96. The van der Waals surface area contributed by atoms with Gasteiger partial charge in [0.05, 0.1) is 11.0 Å². The minimum atomic E-state index is -0.0726. The summed E-state index contributed by atoms with van der Waals surface area (Å²) in [4.78, 5) is 12.1. The van der Waals surface area contributed by atoms with Crippen molar-refractivity contribution in [1.82, 2.24) is 5.32 Å². The molecule has 86 valence electrons. The number of carbonyl (C=O) groups is 1. The van der Waals surface area contributed by atoms with Crippen molar-refractivity contribution in [3.8, 4) is 0 Å². The number of amides is 1. The second-order valence-electron chi connectivity index (χ2n) is 4.50. The fourth-order valence-electron chi connectivity index (χ4n) is 1.54. The quantitative estimate of drug-likeness (QED) is 0.679. The van der Waals surface area contributed by atoms with Crippen molar-refractivity contribution >= 4 is 23.1 Å². The number of carbonyl (C=O) groups excluding carboxylic acids is 1. The molecule has 1 amide bonds. The lowest BCUT2D eigenvalue weighted by molar-refractivity contribution is -0.122. The summed E-state index contributed by atoms with van der Waals surface area (Å²) in [7, 11) is 0. The molecule has 1 aliphatic carbocycles. The van der Waals surface area contributed by atoms with Crippen LogP contribution in [0.4, 0.5) is 0 Å². The fraction of sp³-hybridized carbons (Fsp3) is 0.818. The lowest BCUT2D eigenvalue weighted by Crippen LogP contribution is -2.45. The van der Waals surface area contributed by atoms with E-state index in [0.29, 0.717) is 23.2 Å². The normalized spacial score (nSPS) is 19.3. The Morgan fingerprint density at radius 1 is 1.60 bits per heavy atom. The molecule has 0 radical (unpaired) electrons. The lowest BCUT2D eigenvalue weighted by atomic mass is 10.0. The van der Waals surface area contributed by atoms with Crippen molar-refractivity contribution in [3.63, 3.8) is 0 Å². The van der Waals surface area contributed by atoms with Crippen LogP contribution in [0.15, 0.2) is 0 Å². The van der Waals surface area contributed by atoms with Gasteiger partial charge >= 0.3 is 0 Å². The van der Waals surface area contributed by atoms with E-state index in [9.17, 15) is 4.79 Å². The van der Waals surface area contributed by atoms with E-state index in [-0.39, 0.29) is 11.9 Å². The molecule has 15 heavy (non-hydrogen) atoms. The van der Waals surface area contributed by atoms with Gasteiger partial charge in [-0.05, 0) is 24.7 Å². The second kappa shape index (κ2) is 5.45. The van der Waals surface area contributed by atoms with Crippen molar-refractivity contribution < 1.29 is 4.79 Å². The highest BCUT2D eigenvalue weighted by atomic mass is 32.1. The van der Waals surface area contributed by atoms with Gasteiger partial charge in [-0.2, -0.15) is 0 Å². The van der Waals surface area contributed by atoms with Crippen LogP contribution in [0.2, 0.25) is 0 Å². The first kappa shape index (κ1) is 12.4. The Balaban J connectivity index is 2.37. The molecule has 1 saturated carbocycles. The summed E-state index contributed by atoms with van der Waals surface area (Å²) in [5.41, 5.74) is 5.61. The third-order valence-corrected chi connectivity index (χ3v) is 3.20. The number of hydrogen-bond acceptors (Lipinski definition) is 2. The van der Waals surface area contributed by atoms with Gasteiger partial charge in [0, 0.05) is 6.42 Å². The molecule has 2 atom stereocenters. The number of nitrogens with two attached hydrogens (primary N) is 1. The van der Waals surface area contributed by atoms with Crippen LogP contribution in [0.1, 0.15) is 39.5 Å². The molecule has 0 aromatic rings. The Morgan fingerprint density at radius 2 is 2.20 bits per heavy atom. The average molecular weight is 228 g/mol. The first-order valence-corrected chi connectivity index (χ1v) is 6.04. The maximum absolute atomic E-state index is 11.6. The minimum Gasteiger partial charge on any atom is -0.392 e. The molecule has 2 unspecified atom stereocenters. The van der Waals surface area contributed by atoms with Gasteiger partial charge in [-0.15, -0.1) is 0 Å². The van der Waals surface area contributed by atoms with Crippen LogP contribution in [0.25, 0.3) is 0 Å². The van der Waals surface area contributed by atoms with Gasteiger partial charge in [-0.3, -0.25) is 4.79 Å². The van der Waals surface area contributed by atoms with E-state index in [1.54, 1.807) is 0 Å². The maximum Gasteiger partial charge on any atom is 0.220 e. The van der Waals surface area contributed by atoms with Gasteiger partial charge in [-0.25, -0.2) is 0 Å². The molecular formula is C11H20N2OS. The molecule has 1 rings (SSSR count). The van der Waals surface area contributed by atoms with Gasteiger partial charge < -0.3 is 11.1 Å². The monoisotopic (exact) mass is 228 g/mol. The van der Waals surface area contributed by atoms with E-state index >= 15 is 0 Å². The Morgan fingerprint density at radius 3 is 2.60 bits per heavy atom. The van der Waals surface area contributed by atoms with Crippen LogP contribution in [-0.2, 0) is 4.79 Å². The molecular weight excluding hydrogens is 208 g/mol.